The SMILES string of the molecule is COC(=O)c1cccc(C)c1C=CN(C)C. The van der Waals surface area contributed by atoms with Gasteiger partial charge in [0.2, 0.25) is 0 Å². The van der Waals surface area contributed by atoms with Gasteiger partial charge in [0.1, 0.15) is 0 Å². The lowest BCUT2D eigenvalue weighted by atomic mass is 10.0. The van der Waals surface area contributed by atoms with Gasteiger partial charge in [-0.15, -0.1) is 0 Å². The molecular formula is C13H17NO2. The van der Waals surface area contributed by atoms with Crippen LogP contribution in [-0.4, -0.2) is 32.1 Å². The highest BCUT2D eigenvalue weighted by atomic mass is 16.5. The Morgan fingerprint density at radius 2 is 2.06 bits per heavy atom. The summed E-state index contributed by atoms with van der Waals surface area (Å²) in [4.78, 5) is 13.5. The third-order valence-corrected chi connectivity index (χ3v) is 2.27. The van der Waals surface area contributed by atoms with Gasteiger partial charge in [0.25, 0.3) is 0 Å². The second-order valence-corrected chi connectivity index (χ2v) is 3.81. The number of hydrogen-bond acceptors (Lipinski definition) is 3. The van der Waals surface area contributed by atoms with Gasteiger partial charge in [-0.2, -0.15) is 0 Å². The Morgan fingerprint density at radius 3 is 2.62 bits per heavy atom. The Labute approximate surface area is 96.3 Å². The van der Waals surface area contributed by atoms with Crippen molar-refractivity contribution in [3.63, 3.8) is 0 Å². The van der Waals surface area contributed by atoms with Crippen molar-refractivity contribution < 1.29 is 9.53 Å². The number of hydrogen-bond donors (Lipinski definition) is 0. The molecule has 0 aliphatic carbocycles. The van der Waals surface area contributed by atoms with Crippen LogP contribution in [0, 0.1) is 6.92 Å². The van der Waals surface area contributed by atoms with Crippen LogP contribution in [0.25, 0.3) is 6.08 Å². The Bertz CT molecular complexity index is 408. The van der Waals surface area contributed by atoms with Gasteiger partial charge in [0.05, 0.1) is 12.7 Å². The molecule has 0 heterocycles. The maximum Gasteiger partial charge on any atom is 0.338 e. The highest BCUT2D eigenvalue weighted by Gasteiger charge is 2.10. The van der Waals surface area contributed by atoms with Gasteiger partial charge in [0, 0.05) is 14.1 Å². The predicted molar refractivity (Wildman–Crippen MR) is 65.2 cm³/mol. The monoisotopic (exact) mass is 219 g/mol. The van der Waals surface area contributed by atoms with Crippen LogP contribution in [0.3, 0.4) is 0 Å². The van der Waals surface area contributed by atoms with E-state index in [1.54, 1.807) is 6.07 Å². The molecule has 0 radical (unpaired) electrons. The summed E-state index contributed by atoms with van der Waals surface area (Å²) in [6.45, 7) is 1.97. The molecule has 0 saturated carbocycles. The van der Waals surface area contributed by atoms with Crippen LogP contribution in [-0.2, 0) is 4.74 Å². The van der Waals surface area contributed by atoms with Crippen molar-refractivity contribution >= 4 is 12.0 Å². The Balaban J connectivity index is 3.18. The van der Waals surface area contributed by atoms with Gasteiger partial charge < -0.3 is 9.64 Å². The predicted octanol–water partition coefficient (Wildman–Crippen LogP) is 2.31. The van der Waals surface area contributed by atoms with E-state index in [4.69, 9.17) is 4.74 Å². The Morgan fingerprint density at radius 1 is 1.38 bits per heavy atom. The van der Waals surface area contributed by atoms with Crippen molar-refractivity contribution in [3.05, 3.63) is 41.1 Å². The number of methoxy groups -OCH3 is 1. The van der Waals surface area contributed by atoms with E-state index in [0.29, 0.717) is 5.56 Å². The molecule has 3 nitrogen and oxygen atoms in total. The lowest BCUT2D eigenvalue weighted by Crippen LogP contribution is -2.06. The first-order chi connectivity index (χ1) is 7.56. The van der Waals surface area contributed by atoms with E-state index in [1.165, 1.54) is 7.11 Å². The first kappa shape index (κ1) is 12.3. The summed E-state index contributed by atoms with van der Waals surface area (Å²) >= 11 is 0. The summed E-state index contributed by atoms with van der Waals surface area (Å²) < 4.78 is 4.75. The van der Waals surface area contributed by atoms with E-state index in [1.807, 2.05) is 50.3 Å². The van der Waals surface area contributed by atoms with E-state index in [2.05, 4.69) is 0 Å². The van der Waals surface area contributed by atoms with Crippen LogP contribution in [0.4, 0.5) is 0 Å². The number of carbonyl (C=O) groups excluding carboxylic acids is 1. The Hall–Kier alpha value is -1.77. The quantitative estimate of drug-likeness (QED) is 0.731. The number of benzene rings is 1. The molecule has 0 spiro atoms. The van der Waals surface area contributed by atoms with Crippen LogP contribution in [0.15, 0.2) is 24.4 Å². The zero-order valence-electron chi connectivity index (χ0n) is 10.2. The maximum atomic E-state index is 11.6. The van der Waals surface area contributed by atoms with E-state index in [-0.39, 0.29) is 5.97 Å². The summed E-state index contributed by atoms with van der Waals surface area (Å²) in [6, 6.07) is 5.60. The van der Waals surface area contributed by atoms with E-state index < -0.39 is 0 Å². The van der Waals surface area contributed by atoms with Crippen molar-refractivity contribution in [3.8, 4) is 0 Å². The summed E-state index contributed by atoms with van der Waals surface area (Å²) in [7, 11) is 5.27. The molecule has 0 amide bonds. The number of carbonyl (C=O) groups is 1. The fraction of sp³-hybridized carbons (Fsp3) is 0.308. The minimum Gasteiger partial charge on any atom is -0.465 e. The van der Waals surface area contributed by atoms with Crippen molar-refractivity contribution in [2.45, 2.75) is 6.92 Å². The Kier molecular flexibility index (Phi) is 4.11. The van der Waals surface area contributed by atoms with E-state index in [9.17, 15) is 4.79 Å². The molecule has 1 aromatic rings. The third kappa shape index (κ3) is 2.86. The topological polar surface area (TPSA) is 29.5 Å². The molecule has 1 rings (SSSR count). The summed E-state index contributed by atoms with van der Waals surface area (Å²) in [5.41, 5.74) is 2.56. The number of ether oxygens (including phenoxy) is 1. The highest BCUT2D eigenvalue weighted by molar-refractivity contribution is 5.94. The van der Waals surface area contributed by atoms with E-state index in [0.717, 1.165) is 11.1 Å². The van der Waals surface area contributed by atoms with Gasteiger partial charge >= 0.3 is 5.97 Å². The molecule has 0 fully saturated rings. The van der Waals surface area contributed by atoms with E-state index >= 15 is 0 Å². The number of esters is 1. The first-order valence-corrected chi connectivity index (χ1v) is 5.09. The van der Waals surface area contributed by atoms with Crippen molar-refractivity contribution in [1.29, 1.82) is 0 Å². The summed E-state index contributed by atoms with van der Waals surface area (Å²) in [5.74, 6) is -0.304. The molecule has 0 atom stereocenters. The smallest absolute Gasteiger partial charge is 0.338 e. The average Bonchev–Trinajstić information content (AvgIpc) is 2.25. The largest absolute Gasteiger partial charge is 0.465 e. The van der Waals surface area contributed by atoms with Crippen LogP contribution >= 0.6 is 0 Å². The molecule has 0 aliphatic rings. The molecule has 16 heavy (non-hydrogen) atoms. The van der Waals surface area contributed by atoms with Crippen LogP contribution in [0.5, 0.6) is 0 Å². The third-order valence-electron chi connectivity index (χ3n) is 2.27. The van der Waals surface area contributed by atoms with Gasteiger partial charge in [-0.05, 0) is 36.4 Å². The fourth-order valence-electron chi connectivity index (χ4n) is 1.41. The lowest BCUT2D eigenvalue weighted by Gasteiger charge is -2.09. The van der Waals surface area contributed by atoms with Crippen molar-refractivity contribution in [1.82, 2.24) is 4.90 Å². The highest BCUT2D eigenvalue weighted by Crippen LogP contribution is 2.17. The molecule has 0 bridgehead atoms. The minimum absolute atomic E-state index is 0.304. The molecule has 3 heteroatoms. The van der Waals surface area contributed by atoms with Crippen LogP contribution in [0.2, 0.25) is 0 Å². The fourth-order valence-corrected chi connectivity index (χ4v) is 1.41. The summed E-state index contributed by atoms with van der Waals surface area (Å²) in [6.07, 6.45) is 3.83. The maximum absolute atomic E-state index is 11.6. The zero-order valence-corrected chi connectivity index (χ0v) is 10.2. The van der Waals surface area contributed by atoms with Crippen LogP contribution in [0.1, 0.15) is 21.5 Å². The second kappa shape index (κ2) is 5.35. The minimum atomic E-state index is -0.304. The van der Waals surface area contributed by atoms with Gasteiger partial charge in [-0.1, -0.05) is 12.1 Å². The van der Waals surface area contributed by atoms with Gasteiger partial charge in [-0.3, -0.25) is 0 Å². The van der Waals surface area contributed by atoms with Crippen molar-refractivity contribution in [2.24, 2.45) is 0 Å². The second-order valence-electron chi connectivity index (χ2n) is 3.81. The van der Waals surface area contributed by atoms with Gasteiger partial charge in [-0.25, -0.2) is 4.79 Å². The first-order valence-electron chi connectivity index (χ1n) is 5.09. The lowest BCUT2D eigenvalue weighted by molar-refractivity contribution is 0.0600. The average molecular weight is 219 g/mol. The van der Waals surface area contributed by atoms with Gasteiger partial charge in [0.15, 0.2) is 0 Å². The standard InChI is InChI=1S/C13H17NO2/c1-10-6-5-7-12(13(15)16-4)11(10)8-9-14(2)3/h5-9H,1-4H3. The summed E-state index contributed by atoms with van der Waals surface area (Å²) in [5, 5.41) is 0. The molecule has 86 valence electrons. The molecular weight excluding hydrogens is 202 g/mol. The molecule has 0 aliphatic heterocycles. The normalized spacial score (nSPS) is 10.5. The molecule has 1 aromatic carbocycles. The molecule has 0 saturated heterocycles. The number of aryl methyl sites for hydroxylation is 1. The molecule has 0 N–H and O–H groups in total. The zero-order chi connectivity index (χ0) is 12.1. The number of rotatable bonds is 3. The van der Waals surface area contributed by atoms with Crippen LogP contribution < -0.4 is 0 Å². The number of nitrogens with zero attached hydrogens (tertiary/aromatic N) is 1. The van der Waals surface area contributed by atoms with Crippen molar-refractivity contribution in [2.75, 3.05) is 21.2 Å². The molecule has 0 aromatic heterocycles. The molecule has 0 unspecified atom stereocenters.